The van der Waals surface area contributed by atoms with E-state index in [0.717, 1.165) is 24.6 Å². The number of ether oxygens (including phenoxy) is 1. The second kappa shape index (κ2) is 8.70. The van der Waals surface area contributed by atoms with Gasteiger partial charge in [0.15, 0.2) is 5.96 Å². The fraction of sp³-hybridized carbons (Fsp3) is 0.429. The highest BCUT2D eigenvalue weighted by molar-refractivity contribution is 5.80. The van der Waals surface area contributed by atoms with Crippen LogP contribution in [0.5, 0.6) is 5.88 Å². The second-order valence-corrected chi connectivity index (χ2v) is 6.60. The van der Waals surface area contributed by atoms with Crippen LogP contribution in [0.3, 0.4) is 0 Å². The lowest BCUT2D eigenvalue weighted by molar-refractivity contribution is 0.323. The zero-order chi connectivity index (χ0) is 18.2. The highest BCUT2D eigenvalue weighted by Gasteiger charge is 2.43. The first-order valence-corrected chi connectivity index (χ1v) is 9.42. The molecule has 138 valence electrons. The van der Waals surface area contributed by atoms with Gasteiger partial charge in [0.05, 0.1) is 13.2 Å². The van der Waals surface area contributed by atoms with E-state index in [0.29, 0.717) is 19.0 Å². The van der Waals surface area contributed by atoms with E-state index >= 15 is 0 Å². The molecular formula is C21H28N4O. The molecular weight excluding hydrogens is 324 g/mol. The SMILES string of the molecule is CCNC(=NCc1cccnc1OCC)NCC1(c2ccccc2)CC1. The summed E-state index contributed by atoms with van der Waals surface area (Å²) in [4.78, 5) is 9.02. The monoisotopic (exact) mass is 352 g/mol. The van der Waals surface area contributed by atoms with Crippen LogP contribution in [0.15, 0.2) is 53.7 Å². The van der Waals surface area contributed by atoms with Crippen LogP contribution in [0, 0.1) is 0 Å². The Hall–Kier alpha value is -2.56. The van der Waals surface area contributed by atoms with Crippen molar-refractivity contribution >= 4 is 5.96 Å². The first-order valence-electron chi connectivity index (χ1n) is 9.42. The maximum Gasteiger partial charge on any atom is 0.218 e. The third-order valence-corrected chi connectivity index (χ3v) is 4.72. The molecule has 5 nitrogen and oxygen atoms in total. The van der Waals surface area contributed by atoms with Gasteiger partial charge in [-0.15, -0.1) is 0 Å². The van der Waals surface area contributed by atoms with E-state index in [9.17, 15) is 0 Å². The number of aliphatic imine (C=N–C) groups is 1. The summed E-state index contributed by atoms with van der Waals surface area (Å²) >= 11 is 0. The van der Waals surface area contributed by atoms with E-state index in [1.54, 1.807) is 6.20 Å². The summed E-state index contributed by atoms with van der Waals surface area (Å²) in [6, 6.07) is 14.7. The Bertz CT molecular complexity index is 726. The average Bonchev–Trinajstić information content (AvgIpc) is 3.47. The van der Waals surface area contributed by atoms with Gasteiger partial charge in [-0.25, -0.2) is 9.98 Å². The second-order valence-electron chi connectivity index (χ2n) is 6.60. The van der Waals surface area contributed by atoms with Gasteiger partial charge in [0, 0.05) is 30.3 Å². The van der Waals surface area contributed by atoms with Crippen LogP contribution < -0.4 is 15.4 Å². The van der Waals surface area contributed by atoms with E-state index in [2.05, 4.69) is 52.9 Å². The topological polar surface area (TPSA) is 58.5 Å². The largest absolute Gasteiger partial charge is 0.478 e. The molecule has 1 aliphatic rings. The third-order valence-electron chi connectivity index (χ3n) is 4.72. The number of guanidine groups is 1. The molecule has 1 aliphatic carbocycles. The van der Waals surface area contributed by atoms with E-state index in [1.807, 2.05) is 19.1 Å². The zero-order valence-electron chi connectivity index (χ0n) is 15.7. The molecule has 0 unspecified atom stereocenters. The van der Waals surface area contributed by atoms with Crippen molar-refractivity contribution in [1.82, 2.24) is 15.6 Å². The number of nitrogens with one attached hydrogen (secondary N) is 2. The summed E-state index contributed by atoms with van der Waals surface area (Å²) in [5.41, 5.74) is 2.66. The summed E-state index contributed by atoms with van der Waals surface area (Å²) in [6.07, 6.45) is 4.19. The minimum Gasteiger partial charge on any atom is -0.478 e. The Labute approximate surface area is 155 Å². The molecule has 5 heteroatoms. The van der Waals surface area contributed by atoms with Crippen LogP contribution in [0.2, 0.25) is 0 Å². The molecule has 2 N–H and O–H groups in total. The molecule has 1 saturated carbocycles. The standard InChI is InChI=1S/C21H28N4O/c1-3-22-20(24-15-17-9-8-14-23-19(17)26-4-2)25-16-21(12-13-21)18-10-6-5-7-11-18/h5-11,14H,3-4,12-13,15-16H2,1-2H3,(H2,22,24,25). The molecule has 0 aliphatic heterocycles. The highest BCUT2D eigenvalue weighted by Crippen LogP contribution is 2.47. The Kier molecular flexibility index (Phi) is 6.10. The molecule has 26 heavy (non-hydrogen) atoms. The van der Waals surface area contributed by atoms with Crippen molar-refractivity contribution in [3.05, 3.63) is 59.8 Å². The average molecular weight is 352 g/mol. The lowest BCUT2D eigenvalue weighted by atomic mass is 9.96. The van der Waals surface area contributed by atoms with Gasteiger partial charge in [-0.3, -0.25) is 0 Å². The van der Waals surface area contributed by atoms with Crippen LogP contribution >= 0.6 is 0 Å². The zero-order valence-corrected chi connectivity index (χ0v) is 15.7. The quantitative estimate of drug-likeness (QED) is 0.565. The number of pyridine rings is 1. The normalized spacial score (nSPS) is 15.4. The molecule has 3 rings (SSSR count). The first kappa shape index (κ1) is 18.2. The fourth-order valence-corrected chi connectivity index (χ4v) is 3.08. The van der Waals surface area contributed by atoms with E-state index in [1.165, 1.54) is 18.4 Å². The van der Waals surface area contributed by atoms with Crippen LogP contribution in [-0.2, 0) is 12.0 Å². The molecule has 1 aromatic heterocycles. The van der Waals surface area contributed by atoms with Crippen molar-refractivity contribution < 1.29 is 4.74 Å². The number of hydrogen-bond acceptors (Lipinski definition) is 3. The summed E-state index contributed by atoms with van der Waals surface area (Å²) in [6.45, 7) is 6.91. The number of hydrogen-bond donors (Lipinski definition) is 2. The molecule has 2 aromatic rings. The lowest BCUT2D eigenvalue weighted by Crippen LogP contribution is -2.41. The molecule has 0 amide bonds. The molecule has 0 saturated heterocycles. The Morgan fingerprint density at radius 1 is 1.12 bits per heavy atom. The number of aromatic nitrogens is 1. The minimum atomic E-state index is 0.252. The Balaban J connectivity index is 1.65. The number of benzene rings is 1. The summed E-state index contributed by atoms with van der Waals surface area (Å²) < 4.78 is 5.59. The van der Waals surface area contributed by atoms with E-state index in [4.69, 9.17) is 9.73 Å². The van der Waals surface area contributed by atoms with Gasteiger partial charge in [0.2, 0.25) is 5.88 Å². The van der Waals surface area contributed by atoms with Crippen LogP contribution in [0.25, 0.3) is 0 Å². The van der Waals surface area contributed by atoms with E-state index < -0.39 is 0 Å². The first-order chi connectivity index (χ1) is 12.8. The van der Waals surface area contributed by atoms with Crippen molar-refractivity contribution in [2.75, 3.05) is 19.7 Å². The van der Waals surface area contributed by atoms with Gasteiger partial charge in [0.25, 0.3) is 0 Å². The lowest BCUT2D eigenvalue weighted by Gasteiger charge is -2.19. The summed E-state index contributed by atoms with van der Waals surface area (Å²) in [5, 5.41) is 6.86. The number of nitrogens with zero attached hydrogens (tertiary/aromatic N) is 2. The van der Waals surface area contributed by atoms with Crippen molar-refractivity contribution in [3.63, 3.8) is 0 Å². The maximum atomic E-state index is 5.59. The van der Waals surface area contributed by atoms with Crippen LogP contribution in [0.1, 0.15) is 37.8 Å². The summed E-state index contributed by atoms with van der Waals surface area (Å²) in [5.74, 6) is 1.50. The van der Waals surface area contributed by atoms with Gasteiger partial charge >= 0.3 is 0 Å². The van der Waals surface area contributed by atoms with Gasteiger partial charge in [-0.05, 0) is 38.3 Å². The molecule has 0 spiro atoms. The fourth-order valence-electron chi connectivity index (χ4n) is 3.08. The number of rotatable bonds is 8. The van der Waals surface area contributed by atoms with Crippen molar-refractivity contribution in [2.24, 2.45) is 4.99 Å². The Morgan fingerprint density at radius 2 is 1.92 bits per heavy atom. The predicted octanol–water partition coefficient (Wildman–Crippen LogP) is 3.27. The van der Waals surface area contributed by atoms with E-state index in [-0.39, 0.29) is 5.41 Å². The molecule has 0 radical (unpaired) electrons. The molecule has 0 bridgehead atoms. The molecule has 1 heterocycles. The van der Waals surface area contributed by atoms with Crippen LogP contribution in [-0.4, -0.2) is 30.6 Å². The third kappa shape index (κ3) is 4.54. The van der Waals surface area contributed by atoms with Gasteiger partial charge in [0.1, 0.15) is 0 Å². The molecule has 0 atom stereocenters. The molecule has 1 fully saturated rings. The predicted molar refractivity (Wildman–Crippen MR) is 106 cm³/mol. The van der Waals surface area contributed by atoms with Gasteiger partial charge < -0.3 is 15.4 Å². The van der Waals surface area contributed by atoms with Crippen molar-refractivity contribution in [2.45, 2.75) is 38.6 Å². The highest BCUT2D eigenvalue weighted by atomic mass is 16.5. The van der Waals surface area contributed by atoms with Crippen molar-refractivity contribution in [1.29, 1.82) is 0 Å². The Morgan fingerprint density at radius 3 is 2.62 bits per heavy atom. The van der Waals surface area contributed by atoms with Gasteiger partial charge in [-0.2, -0.15) is 0 Å². The minimum absolute atomic E-state index is 0.252. The smallest absolute Gasteiger partial charge is 0.218 e. The molecule has 1 aromatic carbocycles. The van der Waals surface area contributed by atoms with Gasteiger partial charge in [-0.1, -0.05) is 36.4 Å². The maximum absolute atomic E-state index is 5.59. The summed E-state index contributed by atoms with van der Waals surface area (Å²) in [7, 11) is 0. The van der Waals surface area contributed by atoms with Crippen LogP contribution in [0.4, 0.5) is 0 Å². The van der Waals surface area contributed by atoms with Crippen molar-refractivity contribution in [3.8, 4) is 5.88 Å².